The number of carbonyl (C=O) groups excluding carboxylic acids is 1. The first-order valence-corrected chi connectivity index (χ1v) is 6.77. The molecule has 0 saturated heterocycles. The summed E-state index contributed by atoms with van der Waals surface area (Å²) in [6.45, 7) is 0.151. The Balaban J connectivity index is 2.37. The Labute approximate surface area is 130 Å². The van der Waals surface area contributed by atoms with Crippen LogP contribution >= 0.6 is 0 Å². The molecule has 122 valence electrons. The number of aromatic nitrogens is 1. The molecule has 0 spiro atoms. The van der Waals surface area contributed by atoms with Crippen LogP contribution in [-0.4, -0.2) is 41.7 Å². The summed E-state index contributed by atoms with van der Waals surface area (Å²) >= 11 is 0. The van der Waals surface area contributed by atoms with Gasteiger partial charge in [-0.05, 0) is 18.2 Å². The van der Waals surface area contributed by atoms with E-state index in [1.807, 2.05) is 0 Å². The third kappa shape index (κ3) is 3.92. The van der Waals surface area contributed by atoms with Crippen molar-refractivity contribution in [2.24, 2.45) is 0 Å². The second-order valence-electron chi connectivity index (χ2n) is 4.88. The van der Waals surface area contributed by atoms with Crippen LogP contribution in [0.5, 0.6) is 0 Å². The zero-order valence-corrected chi connectivity index (χ0v) is 12.3. The largest absolute Gasteiger partial charge is 0.480 e. The van der Waals surface area contributed by atoms with E-state index in [1.54, 1.807) is 0 Å². The molecule has 0 fully saturated rings. The van der Waals surface area contributed by atoms with Crippen molar-refractivity contribution in [3.63, 3.8) is 0 Å². The van der Waals surface area contributed by atoms with Crippen LogP contribution in [0.3, 0.4) is 0 Å². The Hall–Kier alpha value is -2.74. The second-order valence-corrected chi connectivity index (χ2v) is 4.88. The number of rotatable bonds is 6. The average Bonchev–Trinajstić information content (AvgIpc) is 2.49. The number of carbonyl (C=O) groups is 2. The highest BCUT2D eigenvalue weighted by molar-refractivity contribution is 6.06. The Morgan fingerprint density at radius 1 is 1.39 bits per heavy atom. The summed E-state index contributed by atoms with van der Waals surface area (Å²) in [6.07, 6.45) is 0.0767. The lowest BCUT2D eigenvalue weighted by Gasteiger charge is -2.14. The first kappa shape index (κ1) is 16.6. The van der Waals surface area contributed by atoms with Gasteiger partial charge in [0.05, 0.1) is 11.1 Å². The van der Waals surface area contributed by atoms with Gasteiger partial charge in [0.25, 0.3) is 5.91 Å². The second kappa shape index (κ2) is 7.01. The standard InChI is InChI=1S/C15H15FN2O5/c1-23-5-4-11(15(21)22)18-14(20)10-7-13(19)17-12-6-8(16)2-3-9(10)12/h2-3,6-7,11H,4-5H2,1H3,(H,17,19)(H,18,20)(H,21,22). The number of aromatic amines is 1. The van der Waals surface area contributed by atoms with E-state index in [-0.39, 0.29) is 24.1 Å². The SMILES string of the molecule is COCCC(NC(=O)c1cc(=O)[nH]c2cc(F)ccc12)C(=O)O. The van der Waals surface area contributed by atoms with Crippen molar-refractivity contribution in [2.75, 3.05) is 13.7 Å². The summed E-state index contributed by atoms with van der Waals surface area (Å²) in [5, 5.41) is 11.8. The smallest absolute Gasteiger partial charge is 0.326 e. The number of hydrogen-bond donors (Lipinski definition) is 3. The van der Waals surface area contributed by atoms with Gasteiger partial charge >= 0.3 is 5.97 Å². The quantitative estimate of drug-likeness (QED) is 0.732. The average molecular weight is 322 g/mol. The maximum Gasteiger partial charge on any atom is 0.326 e. The summed E-state index contributed by atoms with van der Waals surface area (Å²) in [7, 11) is 1.42. The molecule has 2 aromatic rings. The Morgan fingerprint density at radius 3 is 2.78 bits per heavy atom. The highest BCUT2D eigenvalue weighted by Crippen LogP contribution is 2.16. The number of halogens is 1. The number of benzene rings is 1. The summed E-state index contributed by atoms with van der Waals surface area (Å²) in [4.78, 5) is 37.5. The lowest BCUT2D eigenvalue weighted by atomic mass is 10.1. The van der Waals surface area contributed by atoms with E-state index in [1.165, 1.54) is 13.2 Å². The van der Waals surface area contributed by atoms with Crippen molar-refractivity contribution in [3.05, 3.63) is 46.0 Å². The van der Waals surface area contributed by atoms with Crippen molar-refractivity contribution >= 4 is 22.8 Å². The molecule has 1 unspecified atom stereocenters. The van der Waals surface area contributed by atoms with Crippen LogP contribution in [-0.2, 0) is 9.53 Å². The molecule has 0 aliphatic carbocycles. The number of H-pyrrole nitrogens is 1. The van der Waals surface area contributed by atoms with E-state index in [4.69, 9.17) is 9.84 Å². The molecule has 0 bridgehead atoms. The van der Waals surface area contributed by atoms with E-state index >= 15 is 0 Å². The van der Waals surface area contributed by atoms with Gasteiger partial charge in [0.2, 0.25) is 5.56 Å². The van der Waals surface area contributed by atoms with Gasteiger partial charge in [-0.25, -0.2) is 9.18 Å². The van der Waals surface area contributed by atoms with Gasteiger partial charge in [-0.3, -0.25) is 9.59 Å². The predicted molar refractivity (Wildman–Crippen MR) is 79.9 cm³/mol. The maximum absolute atomic E-state index is 13.2. The van der Waals surface area contributed by atoms with Gasteiger partial charge in [-0.1, -0.05) is 0 Å². The molecule has 7 nitrogen and oxygen atoms in total. The molecule has 0 radical (unpaired) electrons. The van der Waals surface area contributed by atoms with Crippen molar-refractivity contribution in [1.82, 2.24) is 10.3 Å². The number of fused-ring (bicyclic) bond motifs is 1. The van der Waals surface area contributed by atoms with Crippen LogP contribution in [0.15, 0.2) is 29.1 Å². The molecular weight excluding hydrogens is 307 g/mol. The molecule has 2 rings (SSSR count). The summed E-state index contributed by atoms with van der Waals surface area (Å²) in [5.41, 5.74) is -0.448. The summed E-state index contributed by atoms with van der Waals surface area (Å²) < 4.78 is 18.0. The van der Waals surface area contributed by atoms with Crippen LogP contribution in [0.1, 0.15) is 16.8 Å². The molecule has 23 heavy (non-hydrogen) atoms. The first-order valence-electron chi connectivity index (χ1n) is 6.77. The Morgan fingerprint density at radius 2 is 2.13 bits per heavy atom. The highest BCUT2D eigenvalue weighted by atomic mass is 19.1. The van der Waals surface area contributed by atoms with Crippen molar-refractivity contribution < 1.29 is 23.8 Å². The molecular formula is C15H15FN2O5. The van der Waals surface area contributed by atoms with E-state index in [0.717, 1.165) is 18.2 Å². The number of carboxylic acids is 1. The third-order valence-corrected chi connectivity index (χ3v) is 3.26. The molecule has 1 amide bonds. The van der Waals surface area contributed by atoms with E-state index in [0.29, 0.717) is 5.39 Å². The zero-order chi connectivity index (χ0) is 17.0. The zero-order valence-electron chi connectivity index (χ0n) is 12.3. The minimum Gasteiger partial charge on any atom is -0.480 e. The van der Waals surface area contributed by atoms with Gasteiger partial charge in [0, 0.05) is 31.6 Å². The number of ether oxygens (including phenoxy) is 1. The monoisotopic (exact) mass is 322 g/mol. The van der Waals surface area contributed by atoms with Crippen molar-refractivity contribution in [1.29, 1.82) is 0 Å². The Kier molecular flexibility index (Phi) is 5.07. The molecule has 1 aromatic heterocycles. The number of carboxylic acid groups (broad SMARTS) is 1. The van der Waals surface area contributed by atoms with E-state index in [9.17, 15) is 18.8 Å². The maximum atomic E-state index is 13.2. The molecule has 0 aliphatic rings. The number of methoxy groups -OCH3 is 1. The van der Waals surface area contributed by atoms with E-state index in [2.05, 4.69) is 10.3 Å². The summed E-state index contributed by atoms with van der Waals surface area (Å²) in [6, 6.07) is 3.48. The minimum absolute atomic E-state index is 0.0209. The molecule has 3 N–H and O–H groups in total. The number of nitrogens with one attached hydrogen (secondary N) is 2. The third-order valence-electron chi connectivity index (χ3n) is 3.26. The number of aliphatic carboxylic acids is 1. The molecule has 1 atom stereocenters. The molecule has 1 heterocycles. The summed E-state index contributed by atoms with van der Waals surface area (Å²) in [5.74, 6) is -2.50. The molecule has 1 aromatic carbocycles. The highest BCUT2D eigenvalue weighted by Gasteiger charge is 2.22. The van der Waals surface area contributed by atoms with Crippen LogP contribution in [0.2, 0.25) is 0 Å². The number of hydrogen-bond acceptors (Lipinski definition) is 4. The normalized spacial score (nSPS) is 12.1. The fourth-order valence-electron chi connectivity index (χ4n) is 2.15. The van der Waals surface area contributed by atoms with Crippen molar-refractivity contribution in [3.8, 4) is 0 Å². The van der Waals surface area contributed by atoms with Crippen LogP contribution < -0.4 is 10.9 Å². The van der Waals surface area contributed by atoms with Gasteiger partial charge < -0.3 is 20.1 Å². The minimum atomic E-state index is -1.21. The lowest BCUT2D eigenvalue weighted by Crippen LogP contribution is -2.41. The van der Waals surface area contributed by atoms with Crippen LogP contribution in [0.4, 0.5) is 4.39 Å². The Bertz CT molecular complexity index is 802. The molecule has 0 aliphatic heterocycles. The molecule has 0 saturated carbocycles. The topological polar surface area (TPSA) is 108 Å². The van der Waals surface area contributed by atoms with E-state index < -0.39 is 29.3 Å². The van der Waals surface area contributed by atoms with Gasteiger partial charge in [0.15, 0.2) is 0 Å². The van der Waals surface area contributed by atoms with Crippen LogP contribution in [0, 0.1) is 5.82 Å². The fraction of sp³-hybridized carbons (Fsp3) is 0.267. The molecule has 8 heteroatoms. The lowest BCUT2D eigenvalue weighted by molar-refractivity contribution is -0.139. The van der Waals surface area contributed by atoms with Gasteiger partial charge in [-0.15, -0.1) is 0 Å². The van der Waals surface area contributed by atoms with Crippen molar-refractivity contribution in [2.45, 2.75) is 12.5 Å². The first-order chi connectivity index (χ1) is 10.9. The van der Waals surface area contributed by atoms with Crippen LogP contribution in [0.25, 0.3) is 10.9 Å². The van der Waals surface area contributed by atoms with Gasteiger partial charge in [-0.2, -0.15) is 0 Å². The number of pyridine rings is 1. The number of amides is 1. The predicted octanol–water partition coefficient (Wildman–Crippen LogP) is 0.887. The van der Waals surface area contributed by atoms with Gasteiger partial charge in [0.1, 0.15) is 11.9 Å². The fourth-order valence-corrected chi connectivity index (χ4v) is 2.15.